The van der Waals surface area contributed by atoms with Gasteiger partial charge in [0.15, 0.2) is 5.82 Å². The molecule has 0 saturated heterocycles. The van der Waals surface area contributed by atoms with Crippen molar-refractivity contribution >= 4 is 22.4 Å². The van der Waals surface area contributed by atoms with E-state index in [1.54, 1.807) is 0 Å². The van der Waals surface area contributed by atoms with Crippen LogP contribution in [0.3, 0.4) is 0 Å². The zero-order chi connectivity index (χ0) is 15.5. The average molecular weight is 291 g/mol. The molecular weight excluding hydrogens is 270 g/mol. The maximum absolute atomic E-state index is 4.83. The molecule has 1 aromatic heterocycles. The zero-order valence-electron chi connectivity index (χ0n) is 13.4. The standard InChI is InChI=1S/C19H21N3/c1-4-8-15(5-2)22-18-13-14(3)10-11-16(18)21-19(22)17-9-6-7-12-20-17/h4-6,8-11,13H,7,12H2,1-3H3/b8-4-,15-5+. The summed E-state index contributed by atoms with van der Waals surface area (Å²) in [5, 5.41) is 0. The van der Waals surface area contributed by atoms with Crippen LogP contribution in [-0.2, 0) is 0 Å². The smallest absolute Gasteiger partial charge is 0.163 e. The summed E-state index contributed by atoms with van der Waals surface area (Å²) in [6.07, 6.45) is 11.5. The number of fused-ring (bicyclic) bond motifs is 1. The molecule has 0 N–H and O–H groups in total. The molecule has 22 heavy (non-hydrogen) atoms. The van der Waals surface area contributed by atoms with E-state index in [1.165, 1.54) is 5.56 Å². The molecule has 3 nitrogen and oxygen atoms in total. The molecule has 0 fully saturated rings. The number of dihydropyridines is 1. The first-order valence-electron chi connectivity index (χ1n) is 7.74. The third kappa shape index (κ3) is 2.54. The van der Waals surface area contributed by atoms with Crippen molar-refractivity contribution in [2.75, 3.05) is 6.54 Å². The minimum atomic E-state index is 0.836. The molecule has 1 aliphatic rings. The molecule has 1 aromatic carbocycles. The van der Waals surface area contributed by atoms with E-state index in [1.807, 2.05) is 6.92 Å². The number of hydrogen-bond acceptors (Lipinski definition) is 2. The highest BCUT2D eigenvalue weighted by atomic mass is 15.1. The van der Waals surface area contributed by atoms with Crippen LogP contribution in [0, 0.1) is 6.92 Å². The summed E-state index contributed by atoms with van der Waals surface area (Å²) >= 11 is 0. The first kappa shape index (κ1) is 14.5. The van der Waals surface area contributed by atoms with Gasteiger partial charge >= 0.3 is 0 Å². The van der Waals surface area contributed by atoms with Gasteiger partial charge in [-0.25, -0.2) is 4.98 Å². The summed E-state index contributed by atoms with van der Waals surface area (Å²) in [7, 11) is 0. The maximum Gasteiger partial charge on any atom is 0.163 e. The van der Waals surface area contributed by atoms with E-state index >= 15 is 0 Å². The Bertz CT molecular complexity index is 817. The summed E-state index contributed by atoms with van der Waals surface area (Å²) in [4.78, 5) is 9.48. The minimum absolute atomic E-state index is 0.836. The number of aliphatic imine (C=N–C) groups is 1. The fourth-order valence-corrected chi connectivity index (χ4v) is 2.74. The summed E-state index contributed by atoms with van der Waals surface area (Å²) in [6.45, 7) is 7.03. The lowest BCUT2D eigenvalue weighted by Gasteiger charge is -2.12. The van der Waals surface area contributed by atoms with Crippen LogP contribution in [0.1, 0.15) is 31.7 Å². The number of allylic oxidation sites excluding steroid dienone is 5. The largest absolute Gasteiger partial charge is 0.291 e. The third-order valence-electron chi connectivity index (χ3n) is 3.78. The molecule has 0 bridgehead atoms. The number of nitrogens with zero attached hydrogens (tertiary/aromatic N) is 3. The van der Waals surface area contributed by atoms with Crippen molar-refractivity contribution in [1.82, 2.24) is 9.55 Å². The number of aromatic nitrogens is 2. The number of benzene rings is 1. The quantitative estimate of drug-likeness (QED) is 0.764. The van der Waals surface area contributed by atoms with Crippen LogP contribution in [0.2, 0.25) is 0 Å². The molecule has 112 valence electrons. The van der Waals surface area contributed by atoms with Crippen molar-refractivity contribution in [2.24, 2.45) is 4.99 Å². The first-order valence-corrected chi connectivity index (χ1v) is 7.74. The van der Waals surface area contributed by atoms with Crippen molar-refractivity contribution < 1.29 is 0 Å². The van der Waals surface area contributed by atoms with Crippen molar-refractivity contribution in [1.29, 1.82) is 0 Å². The molecule has 3 rings (SSSR count). The second-order valence-corrected chi connectivity index (χ2v) is 5.43. The van der Waals surface area contributed by atoms with Crippen LogP contribution in [0.4, 0.5) is 0 Å². The normalized spacial score (nSPS) is 15.8. The maximum atomic E-state index is 4.83. The van der Waals surface area contributed by atoms with Crippen LogP contribution < -0.4 is 0 Å². The predicted molar refractivity (Wildman–Crippen MR) is 94.4 cm³/mol. The Morgan fingerprint density at radius 2 is 2.14 bits per heavy atom. The molecule has 2 heterocycles. The van der Waals surface area contributed by atoms with E-state index in [-0.39, 0.29) is 0 Å². The van der Waals surface area contributed by atoms with Gasteiger partial charge in [-0.2, -0.15) is 0 Å². The van der Waals surface area contributed by atoms with Gasteiger partial charge in [0.05, 0.1) is 11.0 Å². The van der Waals surface area contributed by atoms with E-state index < -0.39 is 0 Å². The average Bonchev–Trinajstić information content (AvgIpc) is 2.92. The van der Waals surface area contributed by atoms with Gasteiger partial charge in [-0.1, -0.05) is 24.3 Å². The van der Waals surface area contributed by atoms with E-state index in [0.29, 0.717) is 0 Å². The lowest BCUT2D eigenvalue weighted by atomic mass is 10.2. The van der Waals surface area contributed by atoms with Crippen molar-refractivity contribution in [3.63, 3.8) is 0 Å². The van der Waals surface area contributed by atoms with Gasteiger partial charge in [0.2, 0.25) is 0 Å². The molecule has 0 radical (unpaired) electrons. The van der Waals surface area contributed by atoms with E-state index in [9.17, 15) is 0 Å². The summed E-state index contributed by atoms with van der Waals surface area (Å²) in [5.41, 5.74) is 5.45. The Hall–Kier alpha value is -2.42. The Morgan fingerprint density at radius 1 is 1.27 bits per heavy atom. The fraction of sp³-hybridized carbons (Fsp3) is 0.263. The lowest BCUT2D eigenvalue weighted by Crippen LogP contribution is -2.11. The monoisotopic (exact) mass is 291 g/mol. The molecule has 0 unspecified atom stereocenters. The van der Waals surface area contributed by atoms with Crippen LogP contribution in [0.5, 0.6) is 0 Å². The molecule has 0 spiro atoms. The molecule has 2 aromatic rings. The molecule has 0 saturated carbocycles. The van der Waals surface area contributed by atoms with Crippen LogP contribution >= 0.6 is 0 Å². The van der Waals surface area contributed by atoms with Crippen molar-refractivity contribution in [2.45, 2.75) is 27.2 Å². The van der Waals surface area contributed by atoms with Crippen molar-refractivity contribution in [3.8, 4) is 0 Å². The number of rotatable bonds is 3. The summed E-state index contributed by atoms with van der Waals surface area (Å²) < 4.78 is 2.21. The highest BCUT2D eigenvalue weighted by molar-refractivity contribution is 6.09. The Morgan fingerprint density at radius 3 is 2.82 bits per heavy atom. The van der Waals surface area contributed by atoms with Gasteiger partial charge in [0.1, 0.15) is 5.71 Å². The van der Waals surface area contributed by atoms with Crippen LogP contribution in [-0.4, -0.2) is 21.8 Å². The Balaban J connectivity index is 2.31. The van der Waals surface area contributed by atoms with Crippen LogP contribution in [0.25, 0.3) is 16.7 Å². The summed E-state index contributed by atoms with van der Waals surface area (Å²) in [5.74, 6) is 0.919. The molecule has 0 amide bonds. The zero-order valence-corrected chi connectivity index (χ0v) is 13.4. The second kappa shape index (κ2) is 6.14. The molecular formula is C19H21N3. The SMILES string of the molecule is C/C=C\C(=C/C)n1c(C2=NCCC=C2)nc2ccc(C)cc21. The minimum Gasteiger partial charge on any atom is -0.291 e. The number of hydrogen-bond donors (Lipinski definition) is 0. The Labute approximate surface area is 131 Å². The highest BCUT2D eigenvalue weighted by Gasteiger charge is 2.17. The second-order valence-electron chi connectivity index (χ2n) is 5.43. The predicted octanol–water partition coefficient (Wildman–Crippen LogP) is 4.53. The fourth-order valence-electron chi connectivity index (χ4n) is 2.74. The van der Waals surface area contributed by atoms with Gasteiger partial charge in [0.25, 0.3) is 0 Å². The van der Waals surface area contributed by atoms with Gasteiger partial charge in [0, 0.05) is 12.2 Å². The molecule has 1 aliphatic heterocycles. The van der Waals surface area contributed by atoms with Gasteiger partial charge in [-0.15, -0.1) is 0 Å². The number of imidazole rings is 1. The first-order chi connectivity index (χ1) is 10.7. The lowest BCUT2D eigenvalue weighted by molar-refractivity contribution is 0.981. The molecule has 0 aliphatic carbocycles. The number of aryl methyl sites for hydroxylation is 1. The third-order valence-corrected chi connectivity index (χ3v) is 3.78. The Kier molecular flexibility index (Phi) is 4.05. The molecule has 0 atom stereocenters. The van der Waals surface area contributed by atoms with Gasteiger partial charge in [-0.3, -0.25) is 9.56 Å². The van der Waals surface area contributed by atoms with E-state index in [2.05, 4.69) is 72.0 Å². The molecule has 3 heteroatoms. The van der Waals surface area contributed by atoms with Gasteiger partial charge < -0.3 is 0 Å². The van der Waals surface area contributed by atoms with E-state index in [0.717, 1.165) is 41.2 Å². The van der Waals surface area contributed by atoms with Gasteiger partial charge in [-0.05, 0) is 57.0 Å². The highest BCUT2D eigenvalue weighted by Crippen LogP contribution is 2.24. The van der Waals surface area contributed by atoms with Crippen LogP contribution in [0.15, 0.2) is 53.6 Å². The summed E-state index contributed by atoms with van der Waals surface area (Å²) in [6, 6.07) is 6.37. The topological polar surface area (TPSA) is 30.2 Å². The van der Waals surface area contributed by atoms with E-state index in [4.69, 9.17) is 4.98 Å². The van der Waals surface area contributed by atoms with Crippen molar-refractivity contribution in [3.05, 3.63) is 60.0 Å².